The van der Waals surface area contributed by atoms with Crippen molar-refractivity contribution >= 4 is 29.4 Å². The zero-order chi connectivity index (χ0) is 19.4. The van der Waals surface area contributed by atoms with E-state index in [1.165, 1.54) is 6.08 Å². The van der Waals surface area contributed by atoms with Crippen LogP contribution in [0.5, 0.6) is 11.5 Å². The van der Waals surface area contributed by atoms with Gasteiger partial charge in [0.15, 0.2) is 12.4 Å². The number of esters is 1. The van der Waals surface area contributed by atoms with Crippen LogP contribution in [0.4, 0.5) is 0 Å². The lowest BCUT2D eigenvalue weighted by Crippen LogP contribution is -2.14. The summed E-state index contributed by atoms with van der Waals surface area (Å²) in [6, 6.07) is 10.4. The highest BCUT2D eigenvalue weighted by molar-refractivity contribution is 6.32. The van der Waals surface area contributed by atoms with Gasteiger partial charge >= 0.3 is 5.97 Å². The Balaban J connectivity index is 1.80. The zero-order valence-corrected chi connectivity index (χ0v) is 15.4. The van der Waals surface area contributed by atoms with Crippen LogP contribution in [0.25, 0.3) is 6.08 Å². The van der Waals surface area contributed by atoms with E-state index < -0.39 is 5.97 Å². The predicted octanol–water partition coefficient (Wildman–Crippen LogP) is 4.37. The first-order valence-electron chi connectivity index (χ1n) is 8.22. The number of halogens is 1. The maximum absolute atomic E-state index is 12.7. The number of ketones is 1. The van der Waals surface area contributed by atoms with Gasteiger partial charge in [-0.2, -0.15) is 0 Å². The lowest BCUT2D eigenvalue weighted by Gasteiger charge is -2.08. The number of ether oxygens (including phenoxy) is 3. The molecule has 0 bridgehead atoms. The fourth-order valence-corrected chi connectivity index (χ4v) is 2.82. The minimum atomic E-state index is -0.510. The van der Waals surface area contributed by atoms with E-state index in [-0.39, 0.29) is 24.8 Å². The average Bonchev–Trinajstić information content (AvgIpc) is 2.96. The van der Waals surface area contributed by atoms with Crippen molar-refractivity contribution in [2.75, 3.05) is 13.2 Å². The Kier molecular flexibility index (Phi) is 5.62. The monoisotopic (exact) mass is 384 g/mol. The molecule has 138 valence electrons. The molecule has 0 saturated carbocycles. The number of benzene rings is 2. The molecule has 1 aliphatic heterocycles. The molecule has 3 rings (SSSR count). The van der Waals surface area contributed by atoms with Crippen molar-refractivity contribution in [3.8, 4) is 11.5 Å². The number of rotatable bonds is 6. The number of allylic oxidation sites excluding steroid dienone is 1. The highest BCUT2D eigenvalue weighted by atomic mass is 35.5. The number of hydrogen-bond acceptors (Lipinski definition) is 5. The van der Waals surface area contributed by atoms with Crippen LogP contribution >= 0.6 is 11.6 Å². The fourth-order valence-electron chi connectivity index (χ4n) is 2.63. The Labute approximate surface area is 161 Å². The summed E-state index contributed by atoms with van der Waals surface area (Å²) < 4.78 is 16.0. The van der Waals surface area contributed by atoms with Gasteiger partial charge in [-0.1, -0.05) is 42.5 Å². The maximum Gasteiger partial charge on any atom is 0.344 e. The normalized spacial score (nSPS) is 13.9. The average molecular weight is 385 g/mol. The Morgan fingerprint density at radius 2 is 2.07 bits per heavy atom. The largest absolute Gasteiger partial charge is 0.482 e. The molecular weight excluding hydrogens is 368 g/mol. The number of Topliss-reactive ketones (excluding diaryl/α,β-unsaturated/α-hetero) is 1. The van der Waals surface area contributed by atoms with Gasteiger partial charge in [-0.3, -0.25) is 4.79 Å². The molecule has 1 heterocycles. The standard InChI is InChI=1S/C21H17ClO5/c1-3-8-25-19(23)12-26-15-9-13(2)20-17(11-15)27-18(21(20)24)10-14-6-4-5-7-16(14)22/h3-7,9-11H,1,8,12H2,2H3/b18-10-. The van der Waals surface area contributed by atoms with E-state index in [4.69, 9.17) is 25.8 Å². The smallest absolute Gasteiger partial charge is 0.344 e. The van der Waals surface area contributed by atoms with Crippen molar-refractivity contribution in [3.63, 3.8) is 0 Å². The number of fused-ring (bicyclic) bond motifs is 1. The Bertz CT molecular complexity index is 946. The summed E-state index contributed by atoms with van der Waals surface area (Å²) in [5.41, 5.74) is 1.85. The SMILES string of the molecule is C=CCOC(=O)COc1cc(C)c2c(c1)O/C(=C\c1ccccc1Cl)C2=O. The summed E-state index contributed by atoms with van der Waals surface area (Å²) in [7, 11) is 0. The highest BCUT2D eigenvalue weighted by Gasteiger charge is 2.30. The minimum Gasteiger partial charge on any atom is -0.482 e. The van der Waals surface area contributed by atoms with Gasteiger partial charge in [-0.05, 0) is 36.3 Å². The number of carbonyl (C=O) groups excluding carboxylic acids is 2. The van der Waals surface area contributed by atoms with Crippen LogP contribution in [-0.2, 0) is 9.53 Å². The van der Waals surface area contributed by atoms with Gasteiger partial charge in [0.1, 0.15) is 18.1 Å². The van der Waals surface area contributed by atoms with Crippen LogP contribution in [0.2, 0.25) is 5.02 Å². The van der Waals surface area contributed by atoms with E-state index >= 15 is 0 Å². The van der Waals surface area contributed by atoms with E-state index in [0.717, 1.165) is 0 Å². The third kappa shape index (κ3) is 4.20. The summed E-state index contributed by atoms with van der Waals surface area (Å²) >= 11 is 6.14. The second kappa shape index (κ2) is 8.10. The zero-order valence-electron chi connectivity index (χ0n) is 14.7. The van der Waals surface area contributed by atoms with Gasteiger partial charge in [-0.15, -0.1) is 0 Å². The Hall–Kier alpha value is -3.05. The molecule has 1 aliphatic rings. The first kappa shape index (κ1) is 18.7. The fraction of sp³-hybridized carbons (Fsp3) is 0.143. The van der Waals surface area contributed by atoms with Gasteiger partial charge in [0.05, 0.1) is 5.56 Å². The third-order valence-electron chi connectivity index (χ3n) is 3.85. The molecule has 0 atom stereocenters. The van der Waals surface area contributed by atoms with Crippen molar-refractivity contribution in [3.05, 3.63) is 76.5 Å². The molecule has 0 spiro atoms. The molecule has 0 aromatic heterocycles. The summed E-state index contributed by atoms with van der Waals surface area (Å²) in [6.07, 6.45) is 3.08. The maximum atomic E-state index is 12.7. The predicted molar refractivity (Wildman–Crippen MR) is 102 cm³/mol. The first-order valence-corrected chi connectivity index (χ1v) is 8.60. The van der Waals surface area contributed by atoms with Crippen molar-refractivity contribution in [2.45, 2.75) is 6.92 Å². The molecule has 2 aromatic rings. The van der Waals surface area contributed by atoms with E-state index in [9.17, 15) is 9.59 Å². The third-order valence-corrected chi connectivity index (χ3v) is 4.20. The van der Waals surface area contributed by atoms with Crippen LogP contribution in [0.1, 0.15) is 21.5 Å². The Morgan fingerprint density at radius 1 is 1.30 bits per heavy atom. The second-order valence-electron chi connectivity index (χ2n) is 5.83. The van der Waals surface area contributed by atoms with E-state index in [1.54, 1.807) is 37.3 Å². The van der Waals surface area contributed by atoms with Crippen LogP contribution < -0.4 is 9.47 Å². The molecule has 0 fully saturated rings. The van der Waals surface area contributed by atoms with Crippen molar-refractivity contribution in [1.29, 1.82) is 0 Å². The van der Waals surface area contributed by atoms with Gasteiger partial charge in [0.25, 0.3) is 0 Å². The highest BCUT2D eigenvalue weighted by Crippen LogP contribution is 2.37. The van der Waals surface area contributed by atoms with Gasteiger partial charge in [-0.25, -0.2) is 4.79 Å². The number of hydrogen-bond donors (Lipinski definition) is 0. The molecule has 5 nitrogen and oxygen atoms in total. The van der Waals surface area contributed by atoms with Gasteiger partial charge < -0.3 is 14.2 Å². The summed E-state index contributed by atoms with van der Waals surface area (Å²) in [5, 5.41) is 0.524. The van der Waals surface area contributed by atoms with Crippen LogP contribution in [0.3, 0.4) is 0 Å². The lowest BCUT2D eigenvalue weighted by molar-refractivity contribution is -0.144. The topological polar surface area (TPSA) is 61.8 Å². The minimum absolute atomic E-state index is 0.124. The molecule has 2 aromatic carbocycles. The molecule has 0 amide bonds. The van der Waals surface area contributed by atoms with E-state index in [0.29, 0.717) is 33.2 Å². The van der Waals surface area contributed by atoms with Crippen molar-refractivity contribution < 1.29 is 23.8 Å². The number of aryl methyl sites for hydroxylation is 1. The van der Waals surface area contributed by atoms with Gasteiger partial charge in [0, 0.05) is 11.1 Å². The van der Waals surface area contributed by atoms with Crippen molar-refractivity contribution in [1.82, 2.24) is 0 Å². The summed E-state index contributed by atoms with van der Waals surface area (Å²) in [4.78, 5) is 24.2. The summed E-state index contributed by atoms with van der Waals surface area (Å²) in [5.74, 6) is 0.244. The molecule has 0 radical (unpaired) electrons. The molecule has 0 saturated heterocycles. The van der Waals surface area contributed by atoms with Crippen LogP contribution in [0, 0.1) is 6.92 Å². The molecule has 0 aliphatic carbocycles. The lowest BCUT2D eigenvalue weighted by atomic mass is 10.0. The quantitative estimate of drug-likeness (QED) is 0.420. The molecule has 0 N–H and O–H groups in total. The first-order chi connectivity index (χ1) is 13.0. The van der Waals surface area contributed by atoms with Gasteiger partial charge in [0.2, 0.25) is 5.78 Å². The Morgan fingerprint density at radius 3 is 2.81 bits per heavy atom. The molecular formula is C21H17ClO5. The summed E-state index contributed by atoms with van der Waals surface area (Å²) in [6.45, 7) is 5.13. The van der Waals surface area contributed by atoms with E-state index in [2.05, 4.69) is 6.58 Å². The second-order valence-corrected chi connectivity index (χ2v) is 6.24. The molecule has 0 unspecified atom stereocenters. The van der Waals surface area contributed by atoms with Crippen molar-refractivity contribution in [2.24, 2.45) is 0 Å². The number of carbonyl (C=O) groups is 2. The van der Waals surface area contributed by atoms with Crippen LogP contribution in [0.15, 0.2) is 54.8 Å². The van der Waals surface area contributed by atoms with Crippen LogP contribution in [-0.4, -0.2) is 25.0 Å². The molecule has 6 heteroatoms. The van der Waals surface area contributed by atoms with E-state index in [1.807, 2.05) is 12.1 Å². The molecule has 27 heavy (non-hydrogen) atoms.